The molecule has 0 aliphatic carbocycles. The number of hydrogen-bond donors (Lipinski definition) is 1. The zero-order valence-electron chi connectivity index (χ0n) is 10.1. The van der Waals surface area contributed by atoms with E-state index in [0.717, 1.165) is 6.21 Å². The van der Waals surface area contributed by atoms with Gasteiger partial charge in [-0.2, -0.15) is 5.10 Å². The molecular weight excluding hydrogens is 331 g/mol. The zero-order valence-corrected chi connectivity index (χ0v) is 11.6. The Labute approximate surface area is 127 Å². The summed E-state index contributed by atoms with van der Waals surface area (Å²) in [5, 5.41) is 4.08. The van der Waals surface area contributed by atoms with Crippen molar-refractivity contribution in [2.75, 3.05) is 5.43 Å². The Bertz CT molecular complexity index is 694. The molecule has 21 heavy (non-hydrogen) atoms. The molecule has 0 aliphatic heterocycles. The average Bonchev–Trinajstić information content (AvgIpc) is 2.44. The summed E-state index contributed by atoms with van der Waals surface area (Å²) in [6.07, 6.45) is 1.16. The summed E-state index contributed by atoms with van der Waals surface area (Å²) in [5.41, 5.74) is 1.35. The van der Waals surface area contributed by atoms with Crippen molar-refractivity contribution in [1.82, 2.24) is 0 Å². The van der Waals surface area contributed by atoms with Gasteiger partial charge in [0.25, 0.3) is 0 Å². The van der Waals surface area contributed by atoms with Crippen LogP contribution in [-0.2, 0) is 0 Å². The van der Waals surface area contributed by atoms with Crippen LogP contribution < -0.4 is 5.43 Å². The molecule has 2 nitrogen and oxygen atoms in total. The number of nitrogens with one attached hydrogen (secondary N) is 1. The van der Waals surface area contributed by atoms with Crippen LogP contribution in [0, 0.1) is 23.3 Å². The van der Waals surface area contributed by atoms with Gasteiger partial charge in [-0.15, -0.1) is 0 Å². The number of rotatable bonds is 3. The van der Waals surface area contributed by atoms with E-state index < -0.39 is 29.0 Å². The highest BCUT2D eigenvalue weighted by Gasteiger charge is 2.18. The van der Waals surface area contributed by atoms with Crippen molar-refractivity contribution in [2.24, 2.45) is 5.10 Å². The summed E-state index contributed by atoms with van der Waals surface area (Å²) < 4.78 is 52.6. The van der Waals surface area contributed by atoms with Gasteiger partial charge in [0.15, 0.2) is 23.3 Å². The monoisotopic (exact) mass is 336 g/mol. The van der Waals surface area contributed by atoms with Gasteiger partial charge in [-0.3, -0.25) is 5.43 Å². The highest BCUT2D eigenvalue weighted by Crippen LogP contribution is 2.24. The van der Waals surface area contributed by atoms with E-state index in [1.165, 1.54) is 18.2 Å². The summed E-state index contributed by atoms with van der Waals surface area (Å²) in [5.74, 6) is -6.19. The molecule has 0 fully saturated rings. The second kappa shape index (κ2) is 6.32. The molecule has 0 radical (unpaired) electrons. The Balaban J connectivity index is 2.23. The van der Waals surface area contributed by atoms with Crippen LogP contribution in [0.15, 0.2) is 29.4 Å². The predicted octanol–water partition coefficient (Wildman–Crippen LogP) is 5.00. The summed E-state index contributed by atoms with van der Waals surface area (Å²) in [6.45, 7) is 0. The highest BCUT2D eigenvalue weighted by atomic mass is 35.5. The van der Waals surface area contributed by atoms with Gasteiger partial charge in [0.05, 0.1) is 16.3 Å². The molecule has 1 N–H and O–H groups in total. The fourth-order valence-corrected chi connectivity index (χ4v) is 1.74. The van der Waals surface area contributed by atoms with Crippen molar-refractivity contribution in [2.45, 2.75) is 0 Å². The van der Waals surface area contributed by atoms with Gasteiger partial charge in [0.2, 0.25) is 0 Å². The summed E-state index contributed by atoms with van der Waals surface area (Å²) in [4.78, 5) is 0. The fourth-order valence-electron chi connectivity index (χ4n) is 1.44. The average molecular weight is 337 g/mol. The second-order valence-electron chi connectivity index (χ2n) is 3.89. The second-order valence-corrected chi connectivity index (χ2v) is 4.70. The summed E-state index contributed by atoms with van der Waals surface area (Å²) in [6, 6.07) is 4.60. The first-order valence-electron chi connectivity index (χ1n) is 5.47. The van der Waals surface area contributed by atoms with Gasteiger partial charge < -0.3 is 0 Å². The van der Waals surface area contributed by atoms with Crippen LogP contribution in [0.5, 0.6) is 0 Å². The van der Waals surface area contributed by atoms with Crippen LogP contribution in [0.2, 0.25) is 10.0 Å². The summed E-state index contributed by atoms with van der Waals surface area (Å²) in [7, 11) is 0. The zero-order chi connectivity index (χ0) is 15.6. The molecule has 0 bridgehead atoms. The van der Waals surface area contributed by atoms with Crippen LogP contribution in [0.4, 0.5) is 23.2 Å². The Morgan fingerprint density at radius 2 is 1.52 bits per heavy atom. The first-order valence-corrected chi connectivity index (χ1v) is 6.23. The molecule has 110 valence electrons. The van der Waals surface area contributed by atoms with E-state index in [1.54, 1.807) is 0 Å². The first-order chi connectivity index (χ1) is 9.90. The number of hydrogen-bond acceptors (Lipinski definition) is 2. The molecular formula is C13H6Cl2F4N2. The van der Waals surface area contributed by atoms with Gasteiger partial charge in [-0.1, -0.05) is 29.3 Å². The maximum absolute atomic E-state index is 13.3. The van der Waals surface area contributed by atoms with Crippen LogP contribution in [0.1, 0.15) is 5.56 Å². The van der Waals surface area contributed by atoms with E-state index in [9.17, 15) is 17.6 Å². The van der Waals surface area contributed by atoms with Crippen LogP contribution in [0.25, 0.3) is 0 Å². The molecule has 0 saturated carbocycles. The minimum Gasteiger partial charge on any atom is -0.272 e. The van der Waals surface area contributed by atoms with Gasteiger partial charge in [0.1, 0.15) is 5.69 Å². The van der Waals surface area contributed by atoms with Crippen molar-refractivity contribution < 1.29 is 17.6 Å². The normalized spacial score (nSPS) is 11.1. The molecule has 0 atom stereocenters. The van der Waals surface area contributed by atoms with E-state index in [-0.39, 0.29) is 11.1 Å². The van der Waals surface area contributed by atoms with Crippen molar-refractivity contribution in [1.29, 1.82) is 0 Å². The topological polar surface area (TPSA) is 24.4 Å². The first kappa shape index (κ1) is 15.6. The third-order valence-corrected chi connectivity index (χ3v) is 3.18. The lowest BCUT2D eigenvalue weighted by atomic mass is 10.2. The molecule has 0 unspecified atom stereocenters. The smallest absolute Gasteiger partial charge is 0.186 e. The minimum atomic E-state index is -1.57. The third-order valence-electron chi connectivity index (χ3n) is 2.45. The Morgan fingerprint density at radius 1 is 0.905 bits per heavy atom. The maximum Gasteiger partial charge on any atom is 0.186 e. The van der Waals surface area contributed by atoms with Gasteiger partial charge in [-0.05, 0) is 17.7 Å². The molecule has 2 rings (SSSR count). The lowest BCUT2D eigenvalue weighted by Gasteiger charge is -2.05. The molecule has 0 aliphatic rings. The molecule has 0 amide bonds. The van der Waals surface area contributed by atoms with E-state index >= 15 is 0 Å². The number of hydrazone groups is 1. The molecule has 0 spiro atoms. The van der Waals surface area contributed by atoms with E-state index in [1.807, 2.05) is 5.43 Å². The molecule has 0 heterocycles. The summed E-state index contributed by atoms with van der Waals surface area (Å²) >= 11 is 11.5. The standard InChI is InChI=1S/C13H6Cl2F4N2/c14-7-2-1-6(3-8(7)15)5-20-21-13-11(18)9(16)4-10(17)12(13)19/h1-5,21H/b20-5+. The molecule has 2 aromatic carbocycles. The van der Waals surface area contributed by atoms with Gasteiger partial charge in [-0.25, -0.2) is 17.6 Å². The number of halogens is 6. The maximum atomic E-state index is 13.3. The number of benzene rings is 2. The fraction of sp³-hybridized carbons (Fsp3) is 0. The van der Waals surface area contributed by atoms with E-state index in [2.05, 4.69) is 5.10 Å². The quantitative estimate of drug-likeness (QED) is 0.363. The molecule has 2 aromatic rings. The van der Waals surface area contributed by atoms with Crippen molar-refractivity contribution in [3.05, 3.63) is 63.1 Å². The van der Waals surface area contributed by atoms with Crippen molar-refractivity contribution >= 4 is 35.1 Å². The van der Waals surface area contributed by atoms with E-state index in [0.29, 0.717) is 10.6 Å². The minimum absolute atomic E-state index is 0.110. The van der Waals surface area contributed by atoms with Crippen molar-refractivity contribution in [3.8, 4) is 0 Å². The van der Waals surface area contributed by atoms with Gasteiger partial charge in [0, 0.05) is 6.07 Å². The Kier molecular flexibility index (Phi) is 4.69. The largest absolute Gasteiger partial charge is 0.272 e. The Morgan fingerprint density at radius 3 is 2.10 bits per heavy atom. The predicted molar refractivity (Wildman–Crippen MR) is 74.0 cm³/mol. The van der Waals surface area contributed by atoms with E-state index in [4.69, 9.17) is 23.2 Å². The molecule has 8 heteroatoms. The molecule has 0 aromatic heterocycles. The van der Waals surface area contributed by atoms with Gasteiger partial charge >= 0.3 is 0 Å². The SMILES string of the molecule is Fc1cc(F)c(F)c(N/N=C/c2ccc(Cl)c(Cl)c2)c1F. The Hall–Kier alpha value is -1.79. The highest BCUT2D eigenvalue weighted by molar-refractivity contribution is 6.42. The van der Waals surface area contributed by atoms with Crippen molar-refractivity contribution in [3.63, 3.8) is 0 Å². The third kappa shape index (κ3) is 3.46. The van der Waals surface area contributed by atoms with Crippen LogP contribution >= 0.6 is 23.2 Å². The van der Waals surface area contributed by atoms with Crippen LogP contribution in [-0.4, -0.2) is 6.21 Å². The number of nitrogens with zero attached hydrogens (tertiary/aromatic N) is 1. The molecule has 0 saturated heterocycles. The lowest BCUT2D eigenvalue weighted by Crippen LogP contribution is -2.02. The van der Waals surface area contributed by atoms with Crippen LogP contribution in [0.3, 0.4) is 0 Å². The number of anilines is 1. The lowest BCUT2D eigenvalue weighted by molar-refractivity contribution is 0.458.